The lowest BCUT2D eigenvalue weighted by Gasteiger charge is -2.29. The molecule has 0 fully saturated rings. The third-order valence-electron chi connectivity index (χ3n) is 7.71. The van der Waals surface area contributed by atoms with Crippen LogP contribution in [0.4, 0.5) is 0 Å². The number of hydrogen-bond acceptors (Lipinski definition) is 6. The number of carbonyl (C=O) groups is 2. The van der Waals surface area contributed by atoms with Crippen LogP contribution in [0.25, 0.3) is 0 Å². The molecule has 2 N–H and O–H groups in total. The number of carbonyl (C=O) groups excluding carboxylic acids is 2. The lowest BCUT2D eigenvalue weighted by molar-refractivity contribution is -0.358. The van der Waals surface area contributed by atoms with Crippen molar-refractivity contribution in [2.45, 2.75) is 187 Å². The van der Waals surface area contributed by atoms with E-state index in [-0.39, 0.29) is 12.8 Å². The van der Waals surface area contributed by atoms with Crippen molar-refractivity contribution in [3.8, 4) is 0 Å². The summed E-state index contributed by atoms with van der Waals surface area (Å²) in [5.74, 6) is -4.02. The number of aliphatic hydroxyl groups is 2. The number of allylic oxidation sites excluding steroid dienone is 8. The number of ether oxygens (including phenoxy) is 2. The number of hydrogen-bond donors (Lipinski definition) is 2. The lowest BCUT2D eigenvalue weighted by atomic mass is 10.1. The largest absolute Gasteiger partial charge is 0.400 e. The Hall–Kier alpha value is -2.18. The van der Waals surface area contributed by atoms with Crippen LogP contribution in [0, 0.1) is 0 Å². The Morgan fingerprint density at radius 3 is 1.18 bits per heavy atom. The van der Waals surface area contributed by atoms with E-state index in [1.54, 1.807) is 0 Å². The lowest BCUT2D eigenvalue weighted by Crippen LogP contribution is -2.48. The maximum atomic E-state index is 12.3. The summed E-state index contributed by atoms with van der Waals surface area (Å²) >= 11 is 0. The fraction of sp³-hybridized carbons (Fsp3) is 0.744. The second kappa shape index (κ2) is 31.8. The van der Waals surface area contributed by atoms with E-state index in [9.17, 15) is 19.8 Å². The molecule has 0 aromatic rings. The Balaban J connectivity index is 3.92. The first-order chi connectivity index (χ1) is 21.9. The topological polar surface area (TPSA) is 93.1 Å². The minimum Gasteiger partial charge on any atom is -0.396 e. The van der Waals surface area contributed by atoms with Crippen molar-refractivity contribution >= 4 is 11.9 Å². The van der Waals surface area contributed by atoms with Crippen LogP contribution in [-0.2, 0) is 19.1 Å². The molecule has 260 valence electrons. The SMILES string of the molecule is CCCCC/C=C\C/C=C\CCCCCCCC(=O)OC(O)(OC(=O)CCCCCCC/C=C\C/C=C\CCCCC)C(C)O. The van der Waals surface area contributed by atoms with Crippen LogP contribution in [0.5, 0.6) is 0 Å². The maximum Gasteiger partial charge on any atom is 0.400 e. The molecule has 0 aliphatic rings. The van der Waals surface area contributed by atoms with Gasteiger partial charge in [0.2, 0.25) is 0 Å². The van der Waals surface area contributed by atoms with Crippen molar-refractivity contribution < 1.29 is 29.3 Å². The monoisotopic (exact) mass is 633 g/mol. The molecule has 6 nitrogen and oxygen atoms in total. The van der Waals surface area contributed by atoms with E-state index in [2.05, 4.69) is 62.5 Å². The molecule has 0 amide bonds. The Bertz CT molecular complexity index is 750. The third-order valence-corrected chi connectivity index (χ3v) is 7.71. The first-order valence-corrected chi connectivity index (χ1v) is 18.3. The Kier molecular flexibility index (Phi) is 30.2. The highest BCUT2D eigenvalue weighted by Gasteiger charge is 2.42. The summed E-state index contributed by atoms with van der Waals surface area (Å²) in [4.78, 5) is 24.6. The van der Waals surface area contributed by atoms with Gasteiger partial charge in [0.1, 0.15) is 0 Å². The second-order valence-electron chi connectivity index (χ2n) is 12.2. The van der Waals surface area contributed by atoms with Gasteiger partial charge in [-0.1, -0.05) is 127 Å². The Labute approximate surface area is 276 Å². The zero-order valence-electron chi connectivity index (χ0n) is 29.2. The smallest absolute Gasteiger partial charge is 0.396 e. The molecule has 0 heterocycles. The molecule has 0 rings (SSSR count). The molecule has 0 aliphatic carbocycles. The average molecular weight is 633 g/mol. The van der Waals surface area contributed by atoms with E-state index >= 15 is 0 Å². The highest BCUT2D eigenvalue weighted by Crippen LogP contribution is 2.19. The molecule has 0 saturated carbocycles. The Morgan fingerprint density at radius 1 is 0.533 bits per heavy atom. The Morgan fingerprint density at radius 2 is 0.844 bits per heavy atom. The van der Waals surface area contributed by atoms with Crippen molar-refractivity contribution in [3.05, 3.63) is 48.6 Å². The van der Waals surface area contributed by atoms with Gasteiger partial charge in [0.25, 0.3) is 0 Å². The van der Waals surface area contributed by atoms with Crippen molar-refractivity contribution in [1.29, 1.82) is 0 Å². The zero-order valence-corrected chi connectivity index (χ0v) is 29.2. The minimum atomic E-state index is -2.65. The summed E-state index contributed by atoms with van der Waals surface area (Å²) in [6.07, 6.45) is 40.2. The van der Waals surface area contributed by atoms with Gasteiger partial charge >= 0.3 is 17.9 Å². The number of esters is 2. The molecule has 0 radical (unpaired) electrons. The van der Waals surface area contributed by atoms with Gasteiger partial charge in [-0.3, -0.25) is 9.59 Å². The molecule has 0 aromatic heterocycles. The van der Waals surface area contributed by atoms with Gasteiger partial charge in [-0.15, -0.1) is 0 Å². The van der Waals surface area contributed by atoms with Gasteiger partial charge in [-0.05, 0) is 84.0 Å². The number of aliphatic hydroxyl groups excluding tert-OH is 1. The van der Waals surface area contributed by atoms with Gasteiger partial charge < -0.3 is 19.7 Å². The molecule has 0 aromatic carbocycles. The minimum absolute atomic E-state index is 0.0992. The highest BCUT2D eigenvalue weighted by molar-refractivity contribution is 5.71. The van der Waals surface area contributed by atoms with Crippen LogP contribution in [0.3, 0.4) is 0 Å². The van der Waals surface area contributed by atoms with Crippen LogP contribution in [0.1, 0.15) is 175 Å². The molecule has 45 heavy (non-hydrogen) atoms. The summed E-state index contributed by atoms with van der Waals surface area (Å²) in [7, 11) is 0. The van der Waals surface area contributed by atoms with Gasteiger partial charge in [-0.25, -0.2) is 0 Å². The van der Waals surface area contributed by atoms with Gasteiger partial charge in [0.05, 0.1) is 0 Å². The molecule has 6 heteroatoms. The van der Waals surface area contributed by atoms with Crippen LogP contribution in [0.2, 0.25) is 0 Å². The van der Waals surface area contributed by atoms with Crippen molar-refractivity contribution in [2.75, 3.05) is 0 Å². The van der Waals surface area contributed by atoms with Gasteiger partial charge in [-0.2, -0.15) is 0 Å². The first-order valence-electron chi connectivity index (χ1n) is 18.3. The standard InChI is InChI=1S/C39H68O6/c1-4-6-8-10-12-14-16-18-20-22-24-26-28-30-32-34-37(41)44-39(43,36(3)40)45-38(42)35-33-31-29-27-25-23-21-19-17-15-13-11-9-7-5-2/h12-15,18-21,36,40,43H,4-11,16-17,22-35H2,1-3H3/b14-12-,15-13-,20-18-,21-19-. The predicted octanol–water partition coefficient (Wildman–Crippen LogP) is 10.7. The van der Waals surface area contributed by atoms with E-state index in [4.69, 9.17) is 9.47 Å². The van der Waals surface area contributed by atoms with E-state index in [1.807, 2.05) is 0 Å². The summed E-state index contributed by atoms with van der Waals surface area (Å²) in [5.41, 5.74) is 0. The molecule has 0 aliphatic heterocycles. The van der Waals surface area contributed by atoms with Crippen LogP contribution < -0.4 is 0 Å². The molecule has 0 saturated heterocycles. The summed E-state index contributed by atoms with van der Waals surface area (Å²) < 4.78 is 10.0. The van der Waals surface area contributed by atoms with Crippen LogP contribution in [-0.4, -0.2) is 34.2 Å². The highest BCUT2D eigenvalue weighted by atomic mass is 16.8. The molecular weight excluding hydrogens is 564 g/mol. The van der Waals surface area contributed by atoms with Gasteiger partial charge in [0, 0.05) is 12.8 Å². The molecular formula is C39H68O6. The van der Waals surface area contributed by atoms with Crippen molar-refractivity contribution in [3.63, 3.8) is 0 Å². The van der Waals surface area contributed by atoms with Crippen LogP contribution >= 0.6 is 0 Å². The average Bonchev–Trinajstić information content (AvgIpc) is 3.00. The molecule has 1 unspecified atom stereocenters. The fourth-order valence-electron chi connectivity index (χ4n) is 4.78. The van der Waals surface area contributed by atoms with E-state index in [0.29, 0.717) is 12.8 Å². The zero-order chi connectivity index (χ0) is 33.3. The number of unbranched alkanes of at least 4 members (excludes halogenated alkanes) is 16. The molecule has 0 spiro atoms. The fourth-order valence-corrected chi connectivity index (χ4v) is 4.78. The molecule has 1 atom stereocenters. The van der Waals surface area contributed by atoms with E-state index < -0.39 is 24.0 Å². The van der Waals surface area contributed by atoms with E-state index in [1.165, 1.54) is 58.3 Å². The normalized spacial score (nSPS) is 13.1. The quantitative estimate of drug-likeness (QED) is 0.0342. The summed E-state index contributed by atoms with van der Waals surface area (Å²) in [5, 5.41) is 20.5. The molecule has 0 bridgehead atoms. The van der Waals surface area contributed by atoms with Crippen molar-refractivity contribution in [2.24, 2.45) is 0 Å². The summed E-state index contributed by atoms with van der Waals surface area (Å²) in [6, 6.07) is 0. The van der Waals surface area contributed by atoms with Crippen LogP contribution in [0.15, 0.2) is 48.6 Å². The van der Waals surface area contributed by atoms with Crippen molar-refractivity contribution in [1.82, 2.24) is 0 Å². The number of rotatable bonds is 31. The van der Waals surface area contributed by atoms with Gasteiger partial charge in [0.15, 0.2) is 6.10 Å². The predicted molar refractivity (Wildman–Crippen MR) is 188 cm³/mol. The summed E-state index contributed by atoms with van der Waals surface area (Å²) in [6.45, 7) is 5.68. The van der Waals surface area contributed by atoms with E-state index in [0.717, 1.165) is 77.0 Å². The third kappa shape index (κ3) is 29.0. The first kappa shape index (κ1) is 42.8. The maximum absolute atomic E-state index is 12.3. The second-order valence-corrected chi connectivity index (χ2v) is 12.2.